The van der Waals surface area contributed by atoms with Gasteiger partial charge in [0.2, 0.25) is 0 Å². The minimum Gasteiger partial charge on any atom is -0.463 e. The van der Waals surface area contributed by atoms with Crippen LogP contribution in [0.3, 0.4) is 0 Å². The van der Waals surface area contributed by atoms with E-state index in [2.05, 4.69) is 0 Å². The monoisotopic (exact) mass is 282 g/mol. The maximum Gasteiger partial charge on any atom is 0.337 e. The van der Waals surface area contributed by atoms with E-state index in [4.69, 9.17) is 9.47 Å². The summed E-state index contributed by atoms with van der Waals surface area (Å²) in [6.07, 6.45) is 5.35. The molecule has 0 atom stereocenters. The van der Waals surface area contributed by atoms with Crippen molar-refractivity contribution in [1.29, 1.82) is 0 Å². The smallest absolute Gasteiger partial charge is 0.337 e. The third-order valence-corrected chi connectivity index (χ3v) is 3.27. The number of rotatable bonds is 3. The summed E-state index contributed by atoms with van der Waals surface area (Å²) in [6.45, 7) is 7.54. The fourth-order valence-corrected chi connectivity index (χ4v) is 2.04. The third-order valence-electron chi connectivity index (χ3n) is 3.27. The minimum absolute atomic E-state index is 0.296. The van der Waals surface area contributed by atoms with Crippen molar-refractivity contribution in [2.45, 2.75) is 66.2 Å². The lowest BCUT2D eigenvalue weighted by Crippen LogP contribution is -2.24. The molecule has 0 bridgehead atoms. The van der Waals surface area contributed by atoms with Gasteiger partial charge in [0, 0.05) is 6.42 Å². The molecular formula is C16H26O4. The van der Waals surface area contributed by atoms with Gasteiger partial charge in [0.05, 0.1) is 17.6 Å². The third kappa shape index (κ3) is 4.99. The Hall–Kier alpha value is -1.32. The van der Waals surface area contributed by atoms with Crippen LogP contribution in [-0.2, 0) is 19.1 Å². The number of esters is 2. The summed E-state index contributed by atoms with van der Waals surface area (Å²) in [6, 6.07) is 0. The first-order valence-corrected chi connectivity index (χ1v) is 7.47. The van der Waals surface area contributed by atoms with Crippen molar-refractivity contribution in [2.24, 2.45) is 5.41 Å². The van der Waals surface area contributed by atoms with Gasteiger partial charge in [0.15, 0.2) is 0 Å². The van der Waals surface area contributed by atoms with Crippen molar-refractivity contribution in [3.05, 3.63) is 11.3 Å². The van der Waals surface area contributed by atoms with Crippen LogP contribution in [0.1, 0.15) is 66.2 Å². The molecule has 0 heterocycles. The van der Waals surface area contributed by atoms with Crippen molar-refractivity contribution in [3.63, 3.8) is 0 Å². The normalized spacial score (nSPS) is 20.8. The van der Waals surface area contributed by atoms with Crippen LogP contribution < -0.4 is 0 Å². The van der Waals surface area contributed by atoms with E-state index in [1.807, 2.05) is 20.8 Å². The van der Waals surface area contributed by atoms with Gasteiger partial charge in [-0.3, -0.25) is 4.79 Å². The molecule has 1 aliphatic carbocycles. The first kappa shape index (κ1) is 16.7. The average molecular weight is 282 g/mol. The van der Waals surface area contributed by atoms with Crippen LogP contribution in [0.15, 0.2) is 11.3 Å². The molecule has 0 aromatic carbocycles. The zero-order valence-electron chi connectivity index (χ0n) is 13.1. The zero-order chi connectivity index (χ0) is 15.2. The minimum atomic E-state index is -0.574. The summed E-state index contributed by atoms with van der Waals surface area (Å²) in [5, 5.41) is 0. The molecule has 4 heteroatoms. The first-order chi connectivity index (χ1) is 9.36. The molecule has 0 aliphatic heterocycles. The molecule has 4 nitrogen and oxygen atoms in total. The zero-order valence-corrected chi connectivity index (χ0v) is 13.1. The lowest BCUT2D eigenvalue weighted by molar-refractivity contribution is -0.149. The summed E-state index contributed by atoms with van der Waals surface area (Å²) in [5.74, 6) is -0.121. The standard InChI is InChI=1S/C16H26O4/c1-5-19-14(17)12-10-8-6-7-9-11-13(12)20-15(18)16(2,3)4/h5-11H2,1-4H3/b13-12-. The van der Waals surface area contributed by atoms with E-state index in [9.17, 15) is 9.59 Å². The highest BCUT2D eigenvalue weighted by atomic mass is 16.5. The Balaban J connectivity index is 2.97. The second kappa shape index (κ2) is 7.46. The Morgan fingerprint density at radius 2 is 1.65 bits per heavy atom. The average Bonchev–Trinajstić information content (AvgIpc) is 2.31. The van der Waals surface area contributed by atoms with Gasteiger partial charge in [-0.05, 0) is 47.0 Å². The summed E-state index contributed by atoms with van der Waals surface area (Å²) >= 11 is 0. The lowest BCUT2D eigenvalue weighted by Gasteiger charge is -2.21. The number of carbonyl (C=O) groups is 2. The fraction of sp³-hybridized carbons (Fsp3) is 0.750. The van der Waals surface area contributed by atoms with Gasteiger partial charge < -0.3 is 9.47 Å². The molecule has 0 aromatic heterocycles. The SMILES string of the molecule is CCOC(=O)/C1=C(\OC(=O)C(C)(C)C)CCCCCC1. The molecule has 1 rings (SSSR count). The van der Waals surface area contributed by atoms with Gasteiger partial charge in [-0.1, -0.05) is 12.8 Å². The molecular weight excluding hydrogens is 256 g/mol. The van der Waals surface area contributed by atoms with E-state index in [0.717, 1.165) is 25.7 Å². The van der Waals surface area contributed by atoms with Gasteiger partial charge in [-0.15, -0.1) is 0 Å². The fourth-order valence-electron chi connectivity index (χ4n) is 2.04. The quantitative estimate of drug-likeness (QED) is 0.740. The molecule has 0 radical (unpaired) electrons. The maximum absolute atomic E-state index is 12.0. The molecule has 0 fully saturated rings. The van der Waals surface area contributed by atoms with Crippen molar-refractivity contribution in [3.8, 4) is 0 Å². The van der Waals surface area contributed by atoms with E-state index < -0.39 is 5.41 Å². The highest BCUT2D eigenvalue weighted by molar-refractivity contribution is 5.89. The lowest BCUT2D eigenvalue weighted by atomic mass is 9.96. The van der Waals surface area contributed by atoms with Gasteiger partial charge in [0.1, 0.15) is 5.76 Å². The van der Waals surface area contributed by atoms with Crippen LogP contribution in [0.4, 0.5) is 0 Å². The van der Waals surface area contributed by atoms with E-state index in [-0.39, 0.29) is 11.9 Å². The van der Waals surface area contributed by atoms with Gasteiger partial charge in [-0.25, -0.2) is 4.79 Å². The Kier molecular flexibility index (Phi) is 6.24. The van der Waals surface area contributed by atoms with E-state index >= 15 is 0 Å². The highest BCUT2D eigenvalue weighted by Crippen LogP contribution is 2.27. The molecule has 0 aromatic rings. The largest absolute Gasteiger partial charge is 0.463 e. The summed E-state index contributed by atoms with van der Waals surface area (Å²) in [7, 11) is 0. The molecule has 0 amide bonds. The predicted octanol–water partition coefficient (Wildman–Crippen LogP) is 3.75. The number of hydrogen-bond acceptors (Lipinski definition) is 4. The second-order valence-electron chi connectivity index (χ2n) is 6.18. The first-order valence-electron chi connectivity index (χ1n) is 7.47. The van der Waals surface area contributed by atoms with Crippen LogP contribution in [0.5, 0.6) is 0 Å². The van der Waals surface area contributed by atoms with Crippen molar-refractivity contribution in [2.75, 3.05) is 6.61 Å². The number of ether oxygens (including phenoxy) is 2. The molecule has 20 heavy (non-hydrogen) atoms. The number of hydrogen-bond donors (Lipinski definition) is 0. The Labute approximate surface area is 121 Å². The summed E-state index contributed by atoms with van der Waals surface area (Å²) < 4.78 is 10.6. The Morgan fingerprint density at radius 3 is 2.20 bits per heavy atom. The number of carbonyl (C=O) groups excluding carboxylic acids is 2. The van der Waals surface area contributed by atoms with Gasteiger partial charge >= 0.3 is 11.9 Å². The van der Waals surface area contributed by atoms with Crippen LogP contribution in [0.25, 0.3) is 0 Å². The maximum atomic E-state index is 12.0. The van der Waals surface area contributed by atoms with E-state index in [1.165, 1.54) is 0 Å². The van der Waals surface area contributed by atoms with E-state index in [1.54, 1.807) is 6.92 Å². The molecule has 1 aliphatic rings. The van der Waals surface area contributed by atoms with Crippen molar-refractivity contribution in [1.82, 2.24) is 0 Å². The van der Waals surface area contributed by atoms with Crippen LogP contribution in [0.2, 0.25) is 0 Å². The summed E-state index contributed by atoms with van der Waals surface area (Å²) in [4.78, 5) is 24.1. The second-order valence-corrected chi connectivity index (χ2v) is 6.18. The Morgan fingerprint density at radius 1 is 1.05 bits per heavy atom. The van der Waals surface area contributed by atoms with Crippen LogP contribution in [-0.4, -0.2) is 18.5 Å². The molecule has 0 saturated carbocycles. The van der Waals surface area contributed by atoms with Crippen molar-refractivity contribution >= 4 is 11.9 Å². The molecule has 114 valence electrons. The summed E-state index contributed by atoms with van der Waals surface area (Å²) in [5.41, 5.74) is -0.0288. The Bertz CT molecular complexity index is 388. The molecule has 0 saturated heterocycles. The van der Waals surface area contributed by atoms with Crippen LogP contribution in [0, 0.1) is 5.41 Å². The van der Waals surface area contributed by atoms with E-state index in [0.29, 0.717) is 30.8 Å². The van der Waals surface area contributed by atoms with Crippen LogP contribution >= 0.6 is 0 Å². The number of allylic oxidation sites excluding steroid dienone is 1. The predicted molar refractivity (Wildman–Crippen MR) is 76.9 cm³/mol. The van der Waals surface area contributed by atoms with Gasteiger partial charge in [0.25, 0.3) is 0 Å². The molecule has 0 spiro atoms. The highest BCUT2D eigenvalue weighted by Gasteiger charge is 2.27. The van der Waals surface area contributed by atoms with Crippen molar-refractivity contribution < 1.29 is 19.1 Å². The van der Waals surface area contributed by atoms with Gasteiger partial charge in [-0.2, -0.15) is 0 Å². The molecule has 0 N–H and O–H groups in total. The topological polar surface area (TPSA) is 52.6 Å². The molecule has 0 unspecified atom stereocenters.